The Morgan fingerprint density at radius 2 is 0.841 bits per heavy atom. The standard InChI is InChI=1S/C36H71AsO7/c1-3-5-7-9-11-13-15-17-19-21-23-25-27-29-35(38)43-33-34(31-32-37(40,41)42)44-36(39)30-28-26-24-22-20-18-16-14-12-10-8-6-4-2/h34H,3-33H2,1-2H3,(H2,40,41,42)/t34-/m0/s1. The molecule has 1 atom stereocenters. The summed E-state index contributed by atoms with van der Waals surface area (Å²) in [6, 6.07) is 0. The Morgan fingerprint density at radius 3 is 1.18 bits per heavy atom. The maximum atomic E-state index is 12.4. The maximum absolute atomic E-state index is 12.4. The summed E-state index contributed by atoms with van der Waals surface area (Å²) >= 11 is -4.86. The van der Waals surface area contributed by atoms with E-state index in [0.29, 0.717) is 6.42 Å². The number of ether oxygens (including phenoxy) is 2. The molecule has 0 bridgehead atoms. The van der Waals surface area contributed by atoms with Crippen LogP contribution in [0.3, 0.4) is 0 Å². The van der Waals surface area contributed by atoms with Gasteiger partial charge in [0.15, 0.2) is 0 Å². The monoisotopic (exact) mass is 690 g/mol. The number of hydrogen-bond donors (Lipinski definition) is 2. The van der Waals surface area contributed by atoms with Gasteiger partial charge in [0, 0.05) is 0 Å². The number of carbonyl (C=O) groups is 2. The van der Waals surface area contributed by atoms with E-state index in [1.807, 2.05) is 0 Å². The summed E-state index contributed by atoms with van der Waals surface area (Å²) in [4.78, 5) is 24.6. The molecule has 0 heterocycles. The first-order valence-corrected chi connectivity index (χ1v) is 22.4. The summed E-state index contributed by atoms with van der Waals surface area (Å²) in [5.41, 5.74) is 0. The van der Waals surface area contributed by atoms with Crippen LogP contribution in [0.2, 0.25) is 5.21 Å². The van der Waals surface area contributed by atoms with Gasteiger partial charge in [-0.2, -0.15) is 0 Å². The predicted octanol–water partition coefficient (Wildman–Crippen LogP) is 10.1. The van der Waals surface area contributed by atoms with Crippen LogP contribution in [0.15, 0.2) is 0 Å². The van der Waals surface area contributed by atoms with E-state index in [1.165, 1.54) is 128 Å². The third kappa shape index (κ3) is 34.1. The number of carbonyl (C=O) groups excluding carboxylic acids is 2. The zero-order chi connectivity index (χ0) is 32.6. The molecule has 8 heteroatoms. The molecule has 0 aliphatic carbocycles. The van der Waals surface area contributed by atoms with Crippen LogP contribution in [0.25, 0.3) is 0 Å². The van der Waals surface area contributed by atoms with Gasteiger partial charge in [-0.3, -0.25) is 0 Å². The van der Waals surface area contributed by atoms with Crippen molar-refractivity contribution in [1.82, 2.24) is 0 Å². The van der Waals surface area contributed by atoms with Crippen LogP contribution in [0.4, 0.5) is 0 Å². The Hall–Kier alpha value is -0.782. The molecule has 0 unspecified atom stereocenters. The summed E-state index contributed by atoms with van der Waals surface area (Å²) in [5.74, 6) is -0.726. The van der Waals surface area contributed by atoms with Gasteiger partial charge < -0.3 is 0 Å². The Morgan fingerprint density at radius 1 is 0.523 bits per heavy atom. The summed E-state index contributed by atoms with van der Waals surface area (Å²) in [7, 11) is 0. The zero-order valence-corrected chi connectivity index (χ0v) is 30.8. The van der Waals surface area contributed by atoms with Gasteiger partial charge in [0.25, 0.3) is 0 Å². The van der Waals surface area contributed by atoms with Gasteiger partial charge >= 0.3 is 165 Å². The minimum absolute atomic E-state index is 0.000135. The fourth-order valence-electron chi connectivity index (χ4n) is 5.57. The van der Waals surface area contributed by atoms with Crippen molar-refractivity contribution in [3.05, 3.63) is 0 Å². The Bertz CT molecular complexity index is 694. The predicted molar refractivity (Wildman–Crippen MR) is 182 cm³/mol. The Kier molecular flexibility index (Phi) is 31.6. The molecule has 262 valence electrons. The molecule has 0 spiro atoms. The molecule has 0 saturated heterocycles. The fourth-order valence-corrected chi connectivity index (χ4v) is 6.88. The molecular formula is C36H71AsO7. The van der Waals surface area contributed by atoms with Crippen molar-refractivity contribution in [2.45, 2.75) is 211 Å². The van der Waals surface area contributed by atoms with Crippen molar-refractivity contribution in [2.24, 2.45) is 0 Å². The Labute approximate surface area is 274 Å². The second kappa shape index (κ2) is 32.2. The van der Waals surface area contributed by atoms with Crippen LogP contribution in [0.5, 0.6) is 0 Å². The van der Waals surface area contributed by atoms with Gasteiger partial charge in [0.05, 0.1) is 0 Å². The quantitative estimate of drug-likeness (QED) is 0.0393. The molecule has 0 rings (SSSR count). The summed E-state index contributed by atoms with van der Waals surface area (Å²) in [6.45, 7) is 4.35. The molecule has 0 aromatic carbocycles. The average Bonchev–Trinajstić information content (AvgIpc) is 2.98. The van der Waals surface area contributed by atoms with Crippen molar-refractivity contribution >= 4 is 26.1 Å². The van der Waals surface area contributed by atoms with Crippen LogP contribution in [-0.4, -0.2) is 47.0 Å². The van der Waals surface area contributed by atoms with E-state index in [2.05, 4.69) is 13.8 Å². The van der Waals surface area contributed by atoms with Gasteiger partial charge in [0.1, 0.15) is 0 Å². The number of rotatable bonds is 34. The fraction of sp³-hybridized carbons (Fsp3) is 0.944. The van der Waals surface area contributed by atoms with Crippen LogP contribution in [0.1, 0.15) is 200 Å². The first-order valence-electron chi connectivity index (χ1n) is 18.7. The number of hydrogen-bond acceptors (Lipinski definition) is 5. The van der Waals surface area contributed by atoms with Crippen LogP contribution >= 0.6 is 0 Å². The third-order valence-electron chi connectivity index (χ3n) is 8.44. The van der Waals surface area contributed by atoms with Crippen molar-refractivity contribution in [1.29, 1.82) is 0 Å². The van der Waals surface area contributed by atoms with Crippen molar-refractivity contribution in [2.75, 3.05) is 6.61 Å². The molecule has 7 nitrogen and oxygen atoms in total. The van der Waals surface area contributed by atoms with E-state index in [-0.39, 0.29) is 36.6 Å². The molecule has 0 fully saturated rings. The summed E-state index contributed by atoms with van der Waals surface area (Å²) in [6.07, 6.45) is 31.8. The summed E-state index contributed by atoms with van der Waals surface area (Å²) < 4.78 is 40.9. The topological polar surface area (TPSA) is 110 Å². The van der Waals surface area contributed by atoms with E-state index in [1.54, 1.807) is 0 Å². The van der Waals surface area contributed by atoms with E-state index in [9.17, 15) is 21.5 Å². The number of esters is 2. The zero-order valence-electron chi connectivity index (χ0n) is 28.9. The molecule has 0 aromatic heterocycles. The molecule has 44 heavy (non-hydrogen) atoms. The van der Waals surface area contributed by atoms with Gasteiger partial charge in [0.2, 0.25) is 0 Å². The molecular weight excluding hydrogens is 619 g/mol. The molecule has 0 saturated carbocycles. The molecule has 0 aliphatic rings. The van der Waals surface area contributed by atoms with Gasteiger partial charge in [-0.25, -0.2) is 0 Å². The van der Waals surface area contributed by atoms with E-state index < -0.39 is 20.3 Å². The van der Waals surface area contributed by atoms with Gasteiger partial charge in [-0.05, 0) is 0 Å². The first-order chi connectivity index (χ1) is 21.3. The second-order valence-electron chi connectivity index (χ2n) is 13.0. The smallest absolute Gasteiger partial charge is 0.0654 e. The molecule has 0 amide bonds. The summed E-state index contributed by atoms with van der Waals surface area (Å²) in [5, 5.41) is -0.342. The van der Waals surface area contributed by atoms with Crippen molar-refractivity contribution in [3.8, 4) is 0 Å². The molecule has 2 N–H and O–H groups in total. The minimum atomic E-state index is -4.86. The molecule has 0 aromatic rings. The van der Waals surface area contributed by atoms with Gasteiger partial charge in [-0.15, -0.1) is 0 Å². The van der Waals surface area contributed by atoms with E-state index in [4.69, 9.17) is 9.47 Å². The van der Waals surface area contributed by atoms with E-state index >= 15 is 0 Å². The van der Waals surface area contributed by atoms with Crippen LogP contribution in [-0.2, 0) is 22.8 Å². The first kappa shape index (κ1) is 43.2. The minimum Gasteiger partial charge on any atom is -0.0654 e. The Balaban J connectivity index is 3.94. The molecule has 0 radical (unpaired) electrons. The third-order valence-corrected chi connectivity index (χ3v) is 10.2. The van der Waals surface area contributed by atoms with Crippen molar-refractivity contribution < 1.29 is 31.0 Å². The van der Waals surface area contributed by atoms with E-state index in [0.717, 1.165) is 38.5 Å². The second-order valence-corrected chi connectivity index (χ2v) is 16.7. The average molecular weight is 691 g/mol. The SMILES string of the molecule is CCCCCCCCCCCCCCCC(=O)OC[C@H](CC[As](=O)(O)O)OC(=O)CCCCCCCCCCCCCCC. The molecule has 0 aliphatic heterocycles. The van der Waals surface area contributed by atoms with Crippen molar-refractivity contribution in [3.63, 3.8) is 0 Å². The van der Waals surface area contributed by atoms with Crippen LogP contribution < -0.4 is 0 Å². The number of unbranched alkanes of at least 4 members (excludes halogenated alkanes) is 24. The van der Waals surface area contributed by atoms with Crippen LogP contribution in [0, 0.1) is 0 Å². The van der Waals surface area contributed by atoms with Gasteiger partial charge in [-0.1, -0.05) is 110 Å². The normalized spacial score (nSPS) is 12.4.